The molecule has 0 bridgehead atoms. The van der Waals surface area contributed by atoms with Crippen molar-refractivity contribution in [3.8, 4) is 0 Å². The fourth-order valence-corrected chi connectivity index (χ4v) is 3.20. The molecule has 2 heterocycles. The first-order chi connectivity index (χ1) is 8.98. The molecule has 0 saturated carbocycles. The van der Waals surface area contributed by atoms with Gasteiger partial charge in [-0.25, -0.2) is 0 Å². The van der Waals surface area contributed by atoms with Gasteiger partial charge in [0.1, 0.15) is 0 Å². The van der Waals surface area contributed by atoms with E-state index in [1.165, 1.54) is 23.0 Å². The number of fused-ring (bicyclic) bond motifs is 1. The fraction of sp³-hybridized carbons (Fsp3) is 0.500. The average Bonchev–Trinajstić information content (AvgIpc) is 2.90. The summed E-state index contributed by atoms with van der Waals surface area (Å²) in [5.74, 6) is 0. The first-order valence-corrected chi connectivity index (χ1v) is 7.00. The third-order valence-corrected chi connectivity index (χ3v) is 4.37. The summed E-state index contributed by atoms with van der Waals surface area (Å²) in [6.07, 6.45) is 3.43. The topological polar surface area (TPSA) is 20.2 Å². The Morgan fingerprint density at radius 2 is 2.05 bits per heavy atom. The van der Waals surface area contributed by atoms with Gasteiger partial charge in [-0.2, -0.15) is 0 Å². The van der Waals surface area contributed by atoms with E-state index in [9.17, 15) is 0 Å². The van der Waals surface area contributed by atoms with Gasteiger partial charge in [0, 0.05) is 49.3 Å². The average molecular weight is 257 g/mol. The first-order valence-electron chi connectivity index (χ1n) is 7.00. The first kappa shape index (κ1) is 12.5. The maximum Gasteiger partial charge on any atom is 0.0626 e. The Balaban J connectivity index is 1.96. The zero-order valence-corrected chi connectivity index (χ0v) is 12.3. The molecular formula is C16H23N3. The van der Waals surface area contributed by atoms with Crippen LogP contribution >= 0.6 is 0 Å². The van der Waals surface area contributed by atoms with E-state index in [2.05, 4.69) is 73.2 Å². The number of hydrogen-bond acceptors (Lipinski definition) is 2. The van der Waals surface area contributed by atoms with Gasteiger partial charge in [-0.3, -0.25) is 0 Å². The van der Waals surface area contributed by atoms with Gasteiger partial charge in [0.25, 0.3) is 0 Å². The van der Waals surface area contributed by atoms with E-state index in [0.29, 0.717) is 6.04 Å². The molecule has 2 aromatic rings. The standard InChI is InChI=1S/C16H23N3/c1-16(2)9-12(10-17-16)19(4)15-11-18(3)14-8-6-5-7-13(14)15/h5-8,11-12,17H,9-10H2,1-4H3. The van der Waals surface area contributed by atoms with Crippen molar-refractivity contribution in [1.29, 1.82) is 0 Å². The number of para-hydroxylation sites is 1. The van der Waals surface area contributed by atoms with Crippen LogP contribution < -0.4 is 10.2 Å². The number of anilines is 1. The molecule has 0 amide bonds. The number of aryl methyl sites for hydroxylation is 1. The van der Waals surface area contributed by atoms with Gasteiger partial charge in [-0.15, -0.1) is 0 Å². The largest absolute Gasteiger partial charge is 0.369 e. The molecule has 1 atom stereocenters. The SMILES string of the molecule is CN(c1cn(C)c2ccccc12)C1CNC(C)(C)C1. The summed E-state index contributed by atoms with van der Waals surface area (Å²) >= 11 is 0. The highest BCUT2D eigenvalue weighted by atomic mass is 15.2. The highest BCUT2D eigenvalue weighted by Crippen LogP contribution is 2.32. The molecule has 1 fully saturated rings. The second-order valence-corrected chi connectivity index (χ2v) is 6.38. The molecule has 1 aromatic carbocycles. The second-order valence-electron chi connectivity index (χ2n) is 6.38. The minimum atomic E-state index is 0.253. The zero-order chi connectivity index (χ0) is 13.6. The molecule has 1 aliphatic rings. The number of nitrogens with one attached hydrogen (secondary N) is 1. The normalized spacial score (nSPS) is 22.0. The van der Waals surface area contributed by atoms with Crippen molar-refractivity contribution in [3.05, 3.63) is 30.5 Å². The van der Waals surface area contributed by atoms with Crippen LogP contribution in [-0.2, 0) is 7.05 Å². The number of rotatable bonds is 2. The van der Waals surface area contributed by atoms with Crippen molar-refractivity contribution in [2.24, 2.45) is 7.05 Å². The zero-order valence-electron chi connectivity index (χ0n) is 12.3. The van der Waals surface area contributed by atoms with Crippen LogP contribution in [0.5, 0.6) is 0 Å². The molecule has 0 spiro atoms. The molecule has 1 aliphatic heterocycles. The van der Waals surface area contributed by atoms with E-state index in [4.69, 9.17) is 0 Å². The Kier molecular flexibility index (Phi) is 2.82. The van der Waals surface area contributed by atoms with Gasteiger partial charge in [-0.1, -0.05) is 18.2 Å². The minimum Gasteiger partial charge on any atom is -0.369 e. The monoisotopic (exact) mass is 257 g/mol. The number of aromatic nitrogens is 1. The van der Waals surface area contributed by atoms with Gasteiger partial charge < -0.3 is 14.8 Å². The molecule has 1 unspecified atom stereocenters. The molecule has 19 heavy (non-hydrogen) atoms. The van der Waals surface area contributed by atoms with Crippen molar-refractivity contribution in [1.82, 2.24) is 9.88 Å². The van der Waals surface area contributed by atoms with E-state index < -0.39 is 0 Å². The lowest BCUT2D eigenvalue weighted by Gasteiger charge is -2.26. The van der Waals surface area contributed by atoms with E-state index in [-0.39, 0.29) is 5.54 Å². The van der Waals surface area contributed by atoms with Crippen LogP contribution in [0.4, 0.5) is 5.69 Å². The van der Waals surface area contributed by atoms with Gasteiger partial charge in [0.2, 0.25) is 0 Å². The lowest BCUT2D eigenvalue weighted by Crippen LogP contribution is -2.33. The third-order valence-electron chi connectivity index (χ3n) is 4.37. The Morgan fingerprint density at radius 3 is 2.74 bits per heavy atom. The quantitative estimate of drug-likeness (QED) is 0.892. The van der Waals surface area contributed by atoms with E-state index in [1.807, 2.05) is 0 Å². The van der Waals surface area contributed by atoms with Crippen LogP contribution in [0, 0.1) is 0 Å². The molecule has 0 aliphatic carbocycles. The molecular weight excluding hydrogens is 234 g/mol. The Morgan fingerprint density at radius 1 is 1.32 bits per heavy atom. The van der Waals surface area contributed by atoms with Crippen LogP contribution in [0.2, 0.25) is 0 Å². The van der Waals surface area contributed by atoms with Crippen molar-refractivity contribution in [2.45, 2.75) is 31.8 Å². The number of likely N-dealkylation sites (N-methyl/N-ethyl adjacent to an activating group) is 1. The molecule has 1 N–H and O–H groups in total. The Labute approximate surface area is 115 Å². The fourth-order valence-electron chi connectivity index (χ4n) is 3.20. The van der Waals surface area contributed by atoms with Gasteiger partial charge in [-0.05, 0) is 26.3 Å². The predicted molar refractivity (Wildman–Crippen MR) is 81.8 cm³/mol. The summed E-state index contributed by atoms with van der Waals surface area (Å²) in [5.41, 5.74) is 2.89. The summed E-state index contributed by atoms with van der Waals surface area (Å²) in [6, 6.07) is 9.20. The van der Waals surface area contributed by atoms with Crippen molar-refractivity contribution >= 4 is 16.6 Å². The summed E-state index contributed by atoms with van der Waals surface area (Å²) in [7, 11) is 4.34. The Bertz CT molecular complexity index is 597. The van der Waals surface area contributed by atoms with Crippen LogP contribution in [0.3, 0.4) is 0 Å². The minimum absolute atomic E-state index is 0.253. The molecule has 1 saturated heterocycles. The van der Waals surface area contributed by atoms with Gasteiger partial charge in [0.05, 0.1) is 5.69 Å². The predicted octanol–water partition coefficient (Wildman–Crippen LogP) is 2.76. The summed E-state index contributed by atoms with van der Waals surface area (Å²) < 4.78 is 2.22. The van der Waals surface area contributed by atoms with Crippen LogP contribution in [0.15, 0.2) is 30.5 Å². The van der Waals surface area contributed by atoms with Crippen molar-refractivity contribution < 1.29 is 0 Å². The molecule has 0 radical (unpaired) electrons. The molecule has 102 valence electrons. The number of nitrogens with zero attached hydrogens (tertiary/aromatic N) is 2. The smallest absolute Gasteiger partial charge is 0.0626 e. The lowest BCUT2D eigenvalue weighted by atomic mass is 10.0. The summed E-state index contributed by atoms with van der Waals surface area (Å²) in [4.78, 5) is 2.43. The maximum atomic E-state index is 3.60. The highest BCUT2D eigenvalue weighted by Gasteiger charge is 2.33. The number of hydrogen-bond donors (Lipinski definition) is 1. The summed E-state index contributed by atoms with van der Waals surface area (Å²) in [6.45, 7) is 5.63. The van der Waals surface area contributed by atoms with Crippen LogP contribution in [-0.4, -0.2) is 29.7 Å². The Hall–Kier alpha value is -1.48. The highest BCUT2D eigenvalue weighted by molar-refractivity contribution is 5.93. The third kappa shape index (κ3) is 2.12. The summed E-state index contributed by atoms with van der Waals surface area (Å²) in [5, 5.41) is 4.95. The number of benzene rings is 1. The van der Waals surface area contributed by atoms with E-state index in [0.717, 1.165) is 6.54 Å². The van der Waals surface area contributed by atoms with Gasteiger partial charge in [0.15, 0.2) is 0 Å². The lowest BCUT2D eigenvalue weighted by molar-refractivity contribution is 0.454. The molecule has 3 rings (SSSR count). The molecule has 3 nitrogen and oxygen atoms in total. The second kappa shape index (κ2) is 4.27. The van der Waals surface area contributed by atoms with Crippen molar-refractivity contribution in [3.63, 3.8) is 0 Å². The van der Waals surface area contributed by atoms with Crippen LogP contribution in [0.1, 0.15) is 20.3 Å². The molecule has 1 aromatic heterocycles. The maximum absolute atomic E-state index is 3.60. The molecule has 3 heteroatoms. The van der Waals surface area contributed by atoms with Gasteiger partial charge >= 0.3 is 0 Å². The van der Waals surface area contributed by atoms with E-state index >= 15 is 0 Å². The van der Waals surface area contributed by atoms with Crippen LogP contribution in [0.25, 0.3) is 10.9 Å². The van der Waals surface area contributed by atoms with E-state index in [1.54, 1.807) is 0 Å². The van der Waals surface area contributed by atoms with Crippen molar-refractivity contribution in [2.75, 3.05) is 18.5 Å².